The van der Waals surface area contributed by atoms with E-state index in [0.29, 0.717) is 18.9 Å². The Kier molecular flexibility index (Phi) is 7.48. The maximum atomic E-state index is 12.0. The van der Waals surface area contributed by atoms with Gasteiger partial charge in [-0.15, -0.1) is 0 Å². The summed E-state index contributed by atoms with van der Waals surface area (Å²) in [4.78, 5) is 0. The van der Waals surface area contributed by atoms with E-state index >= 15 is 0 Å². The van der Waals surface area contributed by atoms with E-state index in [9.17, 15) is 8.42 Å². The van der Waals surface area contributed by atoms with Gasteiger partial charge in [-0.2, -0.15) is 0 Å². The van der Waals surface area contributed by atoms with Crippen LogP contribution in [0.2, 0.25) is 0 Å². The molecular formula is C15H32N2O2S. The molecule has 0 bridgehead atoms. The Labute approximate surface area is 125 Å². The van der Waals surface area contributed by atoms with Crippen LogP contribution in [0.4, 0.5) is 0 Å². The fraction of sp³-hybridized carbons (Fsp3) is 1.00. The van der Waals surface area contributed by atoms with E-state index in [2.05, 4.69) is 23.9 Å². The quantitative estimate of drug-likeness (QED) is 0.610. The fourth-order valence-corrected chi connectivity index (χ4v) is 4.54. The Morgan fingerprint density at radius 2 is 1.85 bits per heavy atom. The first-order valence-electron chi connectivity index (χ1n) is 8.07. The summed E-state index contributed by atoms with van der Waals surface area (Å²) in [5.74, 6) is 0.865. The molecule has 5 heteroatoms. The number of hydrogen-bond donors (Lipinski definition) is 2. The highest BCUT2D eigenvalue weighted by molar-refractivity contribution is 7.89. The average Bonchev–Trinajstić information content (AvgIpc) is 2.81. The Bertz CT molecular complexity index is 360. The molecular weight excluding hydrogens is 272 g/mol. The lowest BCUT2D eigenvalue weighted by atomic mass is 9.79. The van der Waals surface area contributed by atoms with Crippen LogP contribution in [-0.4, -0.2) is 33.8 Å². The second kappa shape index (κ2) is 8.35. The summed E-state index contributed by atoms with van der Waals surface area (Å²) in [6.07, 6.45) is 6.65. The first kappa shape index (κ1) is 17.9. The highest BCUT2D eigenvalue weighted by atomic mass is 32.2. The molecule has 1 aliphatic carbocycles. The van der Waals surface area contributed by atoms with Crippen molar-refractivity contribution in [3.05, 3.63) is 0 Å². The lowest BCUT2D eigenvalue weighted by Gasteiger charge is -2.31. The molecule has 0 spiro atoms. The van der Waals surface area contributed by atoms with E-state index < -0.39 is 10.0 Å². The van der Waals surface area contributed by atoms with Gasteiger partial charge in [0.05, 0.1) is 5.75 Å². The summed E-state index contributed by atoms with van der Waals surface area (Å²) in [6, 6.07) is 0. The van der Waals surface area contributed by atoms with Gasteiger partial charge in [0.25, 0.3) is 0 Å². The molecule has 0 amide bonds. The van der Waals surface area contributed by atoms with E-state index in [1.807, 2.05) is 6.92 Å². The van der Waals surface area contributed by atoms with E-state index in [1.54, 1.807) is 0 Å². The van der Waals surface area contributed by atoms with E-state index in [0.717, 1.165) is 19.5 Å². The summed E-state index contributed by atoms with van der Waals surface area (Å²) >= 11 is 0. The summed E-state index contributed by atoms with van der Waals surface area (Å²) in [5.41, 5.74) is 0.211. The van der Waals surface area contributed by atoms with Gasteiger partial charge in [-0.25, -0.2) is 13.1 Å². The molecule has 0 atom stereocenters. The third kappa shape index (κ3) is 6.55. The van der Waals surface area contributed by atoms with E-state index in [-0.39, 0.29) is 11.2 Å². The molecule has 1 saturated carbocycles. The lowest BCUT2D eigenvalue weighted by molar-refractivity contribution is 0.236. The van der Waals surface area contributed by atoms with Gasteiger partial charge >= 0.3 is 0 Å². The maximum absolute atomic E-state index is 12.0. The van der Waals surface area contributed by atoms with Crippen molar-refractivity contribution >= 4 is 10.0 Å². The van der Waals surface area contributed by atoms with Crippen LogP contribution in [-0.2, 0) is 10.0 Å². The third-order valence-electron chi connectivity index (χ3n) is 4.19. The number of nitrogens with one attached hydrogen (secondary N) is 2. The minimum Gasteiger partial charge on any atom is -0.317 e. The average molecular weight is 305 g/mol. The predicted molar refractivity (Wildman–Crippen MR) is 85.3 cm³/mol. The number of hydrogen-bond acceptors (Lipinski definition) is 3. The standard InChI is InChI=1S/C15H32N2O2S/c1-4-16-10-7-11-20(18,19)17-13-15(12-14(2)3)8-5-6-9-15/h14,16-17H,4-13H2,1-3H3. The van der Waals surface area contributed by atoms with Crippen LogP contribution in [0.15, 0.2) is 0 Å². The molecule has 0 aromatic heterocycles. The molecule has 2 N–H and O–H groups in total. The SMILES string of the molecule is CCNCCCS(=O)(=O)NCC1(CC(C)C)CCCC1. The molecule has 0 aliphatic heterocycles. The largest absolute Gasteiger partial charge is 0.317 e. The third-order valence-corrected chi connectivity index (χ3v) is 5.60. The van der Waals surface area contributed by atoms with Crippen LogP contribution in [0, 0.1) is 11.3 Å². The van der Waals surface area contributed by atoms with Gasteiger partial charge in [0, 0.05) is 6.54 Å². The molecule has 0 saturated heterocycles. The van der Waals surface area contributed by atoms with Crippen molar-refractivity contribution in [1.29, 1.82) is 0 Å². The highest BCUT2D eigenvalue weighted by Gasteiger charge is 2.35. The lowest BCUT2D eigenvalue weighted by Crippen LogP contribution is -2.38. The molecule has 20 heavy (non-hydrogen) atoms. The Hall–Kier alpha value is -0.130. The summed E-state index contributed by atoms with van der Waals surface area (Å²) in [7, 11) is -3.11. The normalized spacial score (nSPS) is 18.8. The fourth-order valence-electron chi connectivity index (χ4n) is 3.34. The highest BCUT2D eigenvalue weighted by Crippen LogP contribution is 2.42. The molecule has 0 unspecified atom stereocenters. The van der Waals surface area contributed by atoms with E-state index in [4.69, 9.17) is 0 Å². The molecule has 0 aromatic carbocycles. The van der Waals surface area contributed by atoms with Gasteiger partial charge in [0.15, 0.2) is 0 Å². The van der Waals surface area contributed by atoms with Crippen molar-refractivity contribution in [2.45, 2.75) is 59.3 Å². The smallest absolute Gasteiger partial charge is 0.211 e. The van der Waals surface area contributed by atoms with Gasteiger partial charge in [0.1, 0.15) is 0 Å². The van der Waals surface area contributed by atoms with Gasteiger partial charge in [-0.05, 0) is 50.1 Å². The topological polar surface area (TPSA) is 58.2 Å². The van der Waals surface area contributed by atoms with Gasteiger partial charge < -0.3 is 5.32 Å². The van der Waals surface area contributed by atoms with Crippen molar-refractivity contribution in [2.24, 2.45) is 11.3 Å². The number of sulfonamides is 1. The van der Waals surface area contributed by atoms with Crippen molar-refractivity contribution in [3.63, 3.8) is 0 Å². The van der Waals surface area contributed by atoms with Crippen LogP contribution in [0.1, 0.15) is 59.3 Å². The first-order valence-corrected chi connectivity index (χ1v) is 9.72. The van der Waals surface area contributed by atoms with E-state index in [1.165, 1.54) is 25.7 Å². The Morgan fingerprint density at radius 1 is 1.20 bits per heavy atom. The maximum Gasteiger partial charge on any atom is 0.211 e. The summed E-state index contributed by atoms with van der Waals surface area (Å²) in [5, 5.41) is 3.16. The van der Waals surface area contributed by atoms with Crippen LogP contribution in [0.25, 0.3) is 0 Å². The van der Waals surface area contributed by atoms with Gasteiger partial charge in [0.2, 0.25) is 10.0 Å². The second-order valence-corrected chi connectivity index (χ2v) is 8.58. The van der Waals surface area contributed by atoms with Crippen molar-refractivity contribution in [3.8, 4) is 0 Å². The van der Waals surface area contributed by atoms with Crippen molar-refractivity contribution < 1.29 is 8.42 Å². The zero-order valence-corrected chi connectivity index (χ0v) is 14.2. The summed E-state index contributed by atoms with van der Waals surface area (Å²) < 4.78 is 26.9. The van der Waals surface area contributed by atoms with Crippen LogP contribution >= 0.6 is 0 Å². The monoisotopic (exact) mass is 304 g/mol. The molecule has 120 valence electrons. The first-order chi connectivity index (χ1) is 9.39. The Morgan fingerprint density at radius 3 is 2.40 bits per heavy atom. The van der Waals surface area contributed by atoms with Crippen molar-refractivity contribution in [2.75, 3.05) is 25.4 Å². The molecule has 0 aromatic rings. The van der Waals surface area contributed by atoms with Gasteiger partial charge in [-0.3, -0.25) is 0 Å². The van der Waals surface area contributed by atoms with Gasteiger partial charge in [-0.1, -0.05) is 33.6 Å². The molecule has 1 aliphatic rings. The predicted octanol–water partition coefficient (Wildman–Crippen LogP) is 2.51. The van der Waals surface area contributed by atoms with Crippen molar-refractivity contribution in [1.82, 2.24) is 10.0 Å². The Balaban J connectivity index is 2.42. The van der Waals surface area contributed by atoms with Crippen LogP contribution < -0.4 is 10.0 Å². The van der Waals surface area contributed by atoms with Crippen LogP contribution in [0.5, 0.6) is 0 Å². The van der Waals surface area contributed by atoms with Crippen LogP contribution in [0.3, 0.4) is 0 Å². The minimum atomic E-state index is -3.11. The zero-order chi connectivity index (χ0) is 15.1. The molecule has 1 fully saturated rings. The minimum absolute atomic E-state index is 0.211. The molecule has 4 nitrogen and oxygen atoms in total. The number of rotatable bonds is 10. The second-order valence-electron chi connectivity index (χ2n) is 6.65. The summed E-state index contributed by atoms with van der Waals surface area (Å²) in [6.45, 7) is 8.78. The zero-order valence-electron chi connectivity index (χ0n) is 13.4. The molecule has 0 radical (unpaired) electrons. The molecule has 0 heterocycles. The molecule has 1 rings (SSSR count).